The zero-order valence-electron chi connectivity index (χ0n) is 38.3. The molecule has 8 aliphatic rings. The van der Waals surface area contributed by atoms with Crippen molar-refractivity contribution >= 4 is 40.0 Å². The lowest BCUT2D eigenvalue weighted by molar-refractivity contribution is -0.203. The summed E-state index contributed by atoms with van der Waals surface area (Å²) in [5.74, 6) is -1.01. The van der Waals surface area contributed by atoms with Crippen LogP contribution in [0.1, 0.15) is 95.6 Å². The number of amides is 2. The van der Waals surface area contributed by atoms with E-state index in [4.69, 9.17) is 33.7 Å². The maximum atomic E-state index is 15.2. The number of carbonyl (C=O) groups excluding carboxylic acids is 3. The average Bonchev–Trinajstić information content (AvgIpc) is 3.98. The summed E-state index contributed by atoms with van der Waals surface area (Å²) in [5, 5.41) is 8.67. The van der Waals surface area contributed by atoms with Crippen LogP contribution in [0.2, 0.25) is 0 Å². The second kappa shape index (κ2) is 15.9. The van der Waals surface area contributed by atoms with E-state index < -0.39 is 35.1 Å². The van der Waals surface area contributed by atoms with Gasteiger partial charge in [0, 0.05) is 76.0 Å². The molecular weight excluding hydrogens is 847 g/mol. The van der Waals surface area contributed by atoms with E-state index in [2.05, 4.69) is 70.6 Å². The number of benzene rings is 1. The lowest BCUT2D eigenvalue weighted by Crippen LogP contribution is -2.70. The van der Waals surface area contributed by atoms with Gasteiger partial charge in [-0.1, -0.05) is 26.8 Å². The number of fused-ring (bicyclic) bond motifs is 12. The smallest absolute Gasteiger partial charge is 0.324 e. The van der Waals surface area contributed by atoms with Crippen LogP contribution in [-0.2, 0) is 51.0 Å². The standard InChI is InChI=1S/C49H61N7O8S/c1-28-19-62-29(2)38-32(9-7-13-50-38)40-34-18-46(4,5)25-63-44(58)35-10-8-14-56(53-35)43(57)39(52-45(59)49-21-47(6,22-49)30(3)64-49)41(54-23-48(24-54)26-60-27-48)42-51-36(20-65-42)31-11-12-37(33(34)17-31)55(40)15-16-61-28/h7,9,11-13,17,20,28-30,35,39,41,53H,8,10,14-16,18-19,21-27H2,1-6H3,(H,52,59)/t28-,29-,30-,35-,39-,41-,47?,49?/m0/s1. The molecule has 0 radical (unpaired) electrons. The van der Waals surface area contributed by atoms with E-state index in [0.717, 1.165) is 49.7 Å². The van der Waals surface area contributed by atoms with Gasteiger partial charge in [0.15, 0.2) is 0 Å². The van der Waals surface area contributed by atoms with Crippen molar-refractivity contribution in [2.75, 3.05) is 52.7 Å². The number of nitrogens with zero attached hydrogens (tertiary/aromatic N) is 5. The molecule has 8 bridgehead atoms. The number of ether oxygens (including phenoxy) is 5. The third kappa shape index (κ3) is 7.42. The van der Waals surface area contributed by atoms with Crippen LogP contribution in [-0.4, -0.2) is 125 Å². The molecule has 1 aliphatic carbocycles. The summed E-state index contributed by atoms with van der Waals surface area (Å²) < 4.78 is 33.3. The number of hydrazine groups is 1. The number of hydrogen-bond donors (Lipinski definition) is 2. The van der Waals surface area contributed by atoms with Crippen molar-refractivity contribution in [2.24, 2.45) is 16.2 Å². The van der Waals surface area contributed by atoms with Gasteiger partial charge in [-0.25, -0.2) is 10.4 Å². The van der Waals surface area contributed by atoms with Gasteiger partial charge in [-0.15, -0.1) is 11.3 Å². The Morgan fingerprint density at radius 3 is 2.58 bits per heavy atom. The minimum absolute atomic E-state index is 0.0141. The summed E-state index contributed by atoms with van der Waals surface area (Å²) >= 11 is 1.51. The number of thiazole rings is 1. The van der Waals surface area contributed by atoms with Crippen LogP contribution < -0.4 is 10.7 Å². The number of cyclic esters (lactones) is 1. The van der Waals surface area contributed by atoms with Gasteiger partial charge >= 0.3 is 5.97 Å². The molecule has 12 rings (SSSR count). The van der Waals surface area contributed by atoms with Gasteiger partial charge in [0.05, 0.1) is 74.5 Å². The number of nitrogens with one attached hydrogen (secondary N) is 2. The second-order valence-electron chi connectivity index (χ2n) is 21.2. The van der Waals surface area contributed by atoms with Crippen LogP contribution in [0.5, 0.6) is 0 Å². The molecule has 1 aromatic carbocycles. The lowest BCUT2D eigenvalue weighted by Gasteiger charge is -2.58. The van der Waals surface area contributed by atoms with Gasteiger partial charge in [-0.3, -0.25) is 29.3 Å². The minimum atomic E-state index is -1.02. The first-order valence-corrected chi connectivity index (χ1v) is 24.4. The largest absolute Gasteiger partial charge is 0.464 e. The number of aromatic nitrogens is 3. The maximum absolute atomic E-state index is 15.2. The van der Waals surface area contributed by atoms with Crippen molar-refractivity contribution in [1.29, 1.82) is 0 Å². The maximum Gasteiger partial charge on any atom is 0.324 e. The molecule has 346 valence electrons. The molecular formula is C49H61N7O8S. The van der Waals surface area contributed by atoms with E-state index in [9.17, 15) is 9.59 Å². The van der Waals surface area contributed by atoms with Crippen LogP contribution in [0.3, 0.4) is 0 Å². The Morgan fingerprint density at radius 2 is 1.83 bits per heavy atom. The number of hydrogen-bond acceptors (Lipinski definition) is 13. The van der Waals surface area contributed by atoms with Gasteiger partial charge in [0.1, 0.15) is 22.7 Å². The fourth-order valence-electron chi connectivity index (χ4n) is 11.7. The molecule has 4 aromatic rings. The van der Waals surface area contributed by atoms with Crippen molar-refractivity contribution in [2.45, 2.75) is 122 Å². The van der Waals surface area contributed by atoms with Gasteiger partial charge < -0.3 is 33.6 Å². The van der Waals surface area contributed by atoms with Crippen LogP contribution in [0.15, 0.2) is 41.9 Å². The summed E-state index contributed by atoms with van der Waals surface area (Å²) in [6.45, 7) is 17.3. The normalized spacial score (nSPS) is 33.4. The van der Waals surface area contributed by atoms with E-state index in [0.29, 0.717) is 84.7 Å². The van der Waals surface area contributed by atoms with E-state index in [-0.39, 0.29) is 47.6 Å². The Bertz CT molecular complexity index is 2530. The summed E-state index contributed by atoms with van der Waals surface area (Å²) in [5.41, 5.74) is 8.49. The molecule has 1 saturated carbocycles. The van der Waals surface area contributed by atoms with Crippen molar-refractivity contribution in [3.63, 3.8) is 0 Å². The number of likely N-dealkylation sites (tertiary alicyclic amines) is 1. The molecule has 6 fully saturated rings. The number of esters is 1. The quantitative estimate of drug-likeness (QED) is 0.240. The fourth-order valence-corrected chi connectivity index (χ4v) is 12.7. The highest BCUT2D eigenvalue weighted by Crippen LogP contribution is 2.61. The van der Waals surface area contributed by atoms with Crippen molar-refractivity contribution in [1.82, 2.24) is 35.2 Å². The Kier molecular flexibility index (Phi) is 10.6. The van der Waals surface area contributed by atoms with Crippen LogP contribution in [0.25, 0.3) is 33.4 Å². The molecule has 2 N–H and O–H groups in total. The van der Waals surface area contributed by atoms with E-state index in [1.54, 1.807) is 0 Å². The first-order valence-electron chi connectivity index (χ1n) is 23.5. The Morgan fingerprint density at radius 1 is 1.02 bits per heavy atom. The molecule has 15 nitrogen and oxygen atoms in total. The third-order valence-corrected chi connectivity index (χ3v) is 16.3. The van der Waals surface area contributed by atoms with Gasteiger partial charge in [0.2, 0.25) is 0 Å². The van der Waals surface area contributed by atoms with Crippen molar-refractivity contribution in [3.05, 3.63) is 58.2 Å². The highest BCUT2D eigenvalue weighted by molar-refractivity contribution is 7.10. The zero-order valence-corrected chi connectivity index (χ0v) is 39.1. The molecule has 1 spiro atoms. The average molecular weight is 908 g/mol. The van der Waals surface area contributed by atoms with Crippen LogP contribution in [0.4, 0.5) is 0 Å². The lowest BCUT2D eigenvalue weighted by atomic mass is 9.61. The zero-order chi connectivity index (χ0) is 45.0. The second-order valence-corrected chi connectivity index (χ2v) is 22.1. The molecule has 7 aliphatic heterocycles. The fraction of sp³-hybridized carbons (Fsp3) is 0.612. The molecule has 65 heavy (non-hydrogen) atoms. The first-order chi connectivity index (χ1) is 31.1. The Labute approximate surface area is 383 Å². The molecule has 5 saturated heterocycles. The predicted octanol–water partition coefficient (Wildman–Crippen LogP) is 5.76. The summed E-state index contributed by atoms with van der Waals surface area (Å²) in [6, 6.07) is 8.29. The third-order valence-electron chi connectivity index (χ3n) is 15.3. The highest BCUT2D eigenvalue weighted by Gasteiger charge is 2.68. The Balaban J connectivity index is 1.06. The molecule has 3 aromatic heterocycles. The first kappa shape index (κ1) is 43.3. The van der Waals surface area contributed by atoms with E-state index in [1.165, 1.54) is 16.3 Å². The topological polar surface area (TPSA) is 159 Å². The number of rotatable bonds is 3. The molecule has 0 unspecified atom stereocenters. The molecule has 6 atom stereocenters. The highest BCUT2D eigenvalue weighted by atomic mass is 32.1. The summed E-state index contributed by atoms with van der Waals surface area (Å²) in [7, 11) is 0. The van der Waals surface area contributed by atoms with Gasteiger partial charge in [-0.05, 0) is 82.7 Å². The predicted molar refractivity (Wildman–Crippen MR) is 242 cm³/mol. The van der Waals surface area contributed by atoms with Crippen LogP contribution >= 0.6 is 11.3 Å². The minimum Gasteiger partial charge on any atom is -0.464 e. The Hall–Kier alpha value is -4.29. The van der Waals surface area contributed by atoms with Crippen LogP contribution in [0, 0.1) is 16.2 Å². The van der Waals surface area contributed by atoms with E-state index in [1.807, 2.05) is 33.0 Å². The van der Waals surface area contributed by atoms with Gasteiger partial charge in [-0.2, -0.15) is 0 Å². The SMILES string of the molecule is C[C@@H]1OC[C@H](C)OCCn2c(c3c4cc(ccc42)-c2csc(n2)[C@@H](N2CC4(COC4)C2)[C@H](NC(=O)C24CC(C)(C2)[C@H](C)O4)C(=O)N2CCC[C@H](N2)C(=O)OCC(C)(C)C3)-c2cccnc21. The number of pyridine rings is 1. The van der Waals surface area contributed by atoms with Crippen molar-refractivity contribution in [3.8, 4) is 22.5 Å². The van der Waals surface area contributed by atoms with Crippen molar-refractivity contribution < 1.29 is 38.1 Å². The summed E-state index contributed by atoms with van der Waals surface area (Å²) in [4.78, 5) is 56.5. The van der Waals surface area contributed by atoms with E-state index >= 15 is 4.79 Å². The summed E-state index contributed by atoms with van der Waals surface area (Å²) in [6.07, 6.45) is 4.25. The molecule has 16 heteroatoms. The monoisotopic (exact) mass is 907 g/mol. The van der Waals surface area contributed by atoms with Gasteiger partial charge in [0.25, 0.3) is 11.8 Å². The number of carbonyl (C=O) groups is 3. The molecule has 10 heterocycles. The molecule has 2 amide bonds.